The molecule has 0 spiro atoms. The molecular weight excluding hydrogens is 290 g/mol. The zero-order valence-electron chi connectivity index (χ0n) is 9.55. The Morgan fingerprint density at radius 3 is 2.83 bits per heavy atom. The van der Waals surface area contributed by atoms with Gasteiger partial charge < -0.3 is 0 Å². The monoisotopic (exact) mass is 299 g/mol. The molecule has 4 heteroatoms. The molecule has 0 N–H and O–H groups in total. The van der Waals surface area contributed by atoms with Crippen LogP contribution in [-0.4, -0.2) is 15.0 Å². The first-order valence-electron chi connectivity index (χ1n) is 5.62. The molecule has 3 aromatic rings. The van der Waals surface area contributed by atoms with E-state index in [1.165, 1.54) is 5.56 Å². The van der Waals surface area contributed by atoms with Crippen molar-refractivity contribution in [3.8, 4) is 0 Å². The lowest BCUT2D eigenvalue weighted by Gasteiger charge is -2.04. The minimum absolute atomic E-state index is 0.759. The van der Waals surface area contributed by atoms with Gasteiger partial charge in [0.05, 0.1) is 11.2 Å². The highest BCUT2D eigenvalue weighted by Crippen LogP contribution is 2.17. The number of rotatable bonds is 2. The van der Waals surface area contributed by atoms with Crippen LogP contribution in [0.15, 0.2) is 53.4 Å². The summed E-state index contributed by atoms with van der Waals surface area (Å²) in [5.41, 5.74) is 3.92. The lowest BCUT2D eigenvalue weighted by Crippen LogP contribution is -1.97. The number of aromatic nitrogens is 3. The molecule has 0 amide bonds. The van der Waals surface area contributed by atoms with Crippen LogP contribution < -0.4 is 0 Å². The Balaban J connectivity index is 2.05. The molecule has 0 radical (unpaired) electrons. The highest BCUT2D eigenvalue weighted by Gasteiger charge is 2.05. The van der Waals surface area contributed by atoms with E-state index in [9.17, 15) is 0 Å². The van der Waals surface area contributed by atoms with Gasteiger partial charge in [0.15, 0.2) is 0 Å². The van der Waals surface area contributed by atoms with Gasteiger partial charge in [0, 0.05) is 17.1 Å². The van der Waals surface area contributed by atoms with E-state index in [0.717, 1.165) is 27.6 Å². The smallest absolute Gasteiger partial charge is 0.116 e. The van der Waals surface area contributed by atoms with Crippen molar-refractivity contribution < 1.29 is 0 Å². The van der Waals surface area contributed by atoms with Crippen molar-refractivity contribution in [3.05, 3.63) is 64.7 Å². The molecule has 0 saturated carbocycles. The maximum Gasteiger partial charge on any atom is 0.116 e. The van der Waals surface area contributed by atoms with Crippen molar-refractivity contribution in [1.82, 2.24) is 15.0 Å². The van der Waals surface area contributed by atoms with Crippen LogP contribution in [0.3, 0.4) is 0 Å². The Labute approximate surface area is 113 Å². The maximum absolute atomic E-state index is 4.36. The summed E-state index contributed by atoms with van der Waals surface area (Å²) < 4.78 is 1.08. The molecule has 3 rings (SSSR count). The highest BCUT2D eigenvalue weighted by molar-refractivity contribution is 9.10. The molecule has 0 aliphatic carbocycles. The first kappa shape index (κ1) is 11.3. The summed E-state index contributed by atoms with van der Waals surface area (Å²) in [5, 5.41) is 0. The lowest BCUT2D eigenvalue weighted by molar-refractivity contribution is 1.05. The van der Waals surface area contributed by atoms with Gasteiger partial charge in [0.25, 0.3) is 0 Å². The minimum Gasteiger partial charge on any atom is -0.253 e. The molecular formula is C14H10BrN3. The number of benzene rings is 1. The number of nitrogens with zero attached hydrogens (tertiary/aromatic N) is 3. The Morgan fingerprint density at radius 2 is 1.94 bits per heavy atom. The third-order valence-corrected chi connectivity index (χ3v) is 3.22. The van der Waals surface area contributed by atoms with E-state index >= 15 is 0 Å². The molecule has 2 heterocycles. The molecule has 1 aromatic carbocycles. The van der Waals surface area contributed by atoms with E-state index in [2.05, 4.69) is 43.0 Å². The number of halogens is 1. The van der Waals surface area contributed by atoms with E-state index in [4.69, 9.17) is 0 Å². The Kier molecular flexibility index (Phi) is 3.02. The predicted molar refractivity (Wildman–Crippen MR) is 74.3 cm³/mol. The second-order valence-corrected chi connectivity index (χ2v) is 4.91. The average molecular weight is 300 g/mol. The van der Waals surface area contributed by atoms with Crippen LogP contribution in [-0.2, 0) is 6.42 Å². The fraction of sp³-hybridized carbons (Fsp3) is 0.0714. The molecule has 0 saturated heterocycles. The van der Waals surface area contributed by atoms with Crippen LogP contribution in [0.1, 0.15) is 11.3 Å². The van der Waals surface area contributed by atoms with Crippen LogP contribution in [0.5, 0.6) is 0 Å². The normalized spacial score (nSPS) is 10.7. The maximum atomic E-state index is 4.36. The summed E-state index contributed by atoms with van der Waals surface area (Å²) in [6, 6.07) is 12.1. The highest BCUT2D eigenvalue weighted by atomic mass is 79.9. The van der Waals surface area contributed by atoms with Gasteiger partial charge in [-0.25, -0.2) is 9.97 Å². The van der Waals surface area contributed by atoms with Gasteiger partial charge in [-0.05, 0) is 29.8 Å². The number of hydrogen-bond donors (Lipinski definition) is 0. The molecule has 0 aliphatic heterocycles. The lowest BCUT2D eigenvalue weighted by atomic mass is 10.1. The van der Waals surface area contributed by atoms with Crippen LogP contribution in [0.4, 0.5) is 0 Å². The molecule has 0 aliphatic rings. The topological polar surface area (TPSA) is 38.7 Å². The van der Waals surface area contributed by atoms with Gasteiger partial charge >= 0.3 is 0 Å². The van der Waals surface area contributed by atoms with Gasteiger partial charge in [-0.15, -0.1) is 0 Å². The zero-order chi connectivity index (χ0) is 12.4. The first-order chi connectivity index (χ1) is 8.83. The minimum atomic E-state index is 0.759. The second kappa shape index (κ2) is 4.82. The molecule has 0 fully saturated rings. The van der Waals surface area contributed by atoms with Gasteiger partial charge in [-0.1, -0.05) is 28.1 Å². The first-order valence-corrected chi connectivity index (χ1v) is 6.41. The Bertz CT molecular complexity index is 692. The summed E-state index contributed by atoms with van der Waals surface area (Å²) in [4.78, 5) is 12.9. The van der Waals surface area contributed by atoms with Crippen molar-refractivity contribution in [1.29, 1.82) is 0 Å². The number of fused-ring (bicyclic) bond motifs is 1. The summed E-state index contributed by atoms with van der Waals surface area (Å²) in [6.45, 7) is 0. The van der Waals surface area contributed by atoms with Gasteiger partial charge in [-0.3, -0.25) is 4.98 Å². The van der Waals surface area contributed by atoms with E-state index < -0.39 is 0 Å². The summed E-state index contributed by atoms with van der Waals surface area (Å²) in [5.74, 6) is 0. The van der Waals surface area contributed by atoms with E-state index in [-0.39, 0.29) is 0 Å². The Hall–Kier alpha value is -1.81. The van der Waals surface area contributed by atoms with Crippen molar-refractivity contribution in [2.75, 3.05) is 0 Å². The zero-order valence-corrected chi connectivity index (χ0v) is 11.1. The summed E-state index contributed by atoms with van der Waals surface area (Å²) in [6.07, 6.45) is 4.13. The predicted octanol–water partition coefficient (Wildman–Crippen LogP) is 3.38. The second-order valence-electron chi connectivity index (χ2n) is 4.00. The van der Waals surface area contributed by atoms with Crippen LogP contribution >= 0.6 is 15.9 Å². The number of hydrogen-bond acceptors (Lipinski definition) is 3. The van der Waals surface area contributed by atoms with Gasteiger partial charge in [0.2, 0.25) is 0 Å². The molecule has 2 aromatic heterocycles. The van der Waals surface area contributed by atoms with Crippen LogP contribution in [0, 0.1) is 0 Å². The molecule has 88 valence electrons. The summed E-state index contributed by atoms with van der Waals surface area (Å²) in [7, 11) is 0. The molecule has 0 bridgehead atoms. The van der Waals surface area contributed by atoms with Crippen molar-refractivity contribution >= 4 is 27.0 Å². The van der Waals surface area contributed by atoms with Crippen molar-refractivity contribution in [2.24, 2.45) is 0 Å². The number of pyridine rings is 1. The largest absolute Gasteiger partial charge is 0.253 e. The fourth-order valence-electron chi connectivity index (χ4n) is 1.91. The Morgan fingerprint density at radius 1 is 1.00 bits per heavy atom. The SMILES string of the molecule is Brc1cccc(Cc2ncnc3cccnc23)c1. The quantitative estimate of drug-likeness (QED) is 0.728. The summed E-state index contributed by atoms with van der Waals surface area (Å²) >= 11 is 3.48. The molecule has 0 unspecified atom stereocenters. The average Bonchev–Trinajstić information content (AvgIpc) is 2.39. The standard InChI is InChI=1S/C14H10BrN3/c15-11-4-1-3-10(7-11)8-13-14-12(17-9-18-13)5-2-6-16-14/h1-7,9H,8H2. The van der Waals surface area contributed by atoms with Crippen molar-refractivity contribution in [3.63, 3.8) is 0 Å². The van der Waals surface area contributed by atoms with Crippen LogP contribution in [0.2, 0.25) is 0 Å². The molecule has 3 nitrogen and oxygen atoms in total. The third kappa shape index (κ3) is 2.24. The molecule has 0 atom stereocenters. The fourth-order valence-corrected chi connectivity index (χ4v) is 2.36. The van der Waals surface area contributed by atoms with Crippen LogP contribution in [0.25, 0.3) is 11.0 Å². The van der Waals surface area contributed by atoms with E-state index in [1.807, 2.05) is 24.3 Å². The van der Waals surface area contributed by atoms with Crippen molar-refractivity contribution in [2.45, 2.75) is 6.42 Å². The third-order valence-electron chi connectivity index (χ3n) is 2.73. The molecule has 18 heavy (non-hydrogen) atoms. The van der Waals surface area contributed by atoms with E-state index in [0.29, 0.717) is 0 Å². The van der Waals surface area contributed by atoms with Gasteiger partial charge in [-0.2, -0.15) is 0 Å². The van der Waals surface area contributed by atoms with E-state index in [1.54, 1.807) is 12.5 Å². The van der Waals surface area contributed by atoms with Gasteiger partial charge in [0.1, 0.15) is 11.8 Å².